The minimum absolute atomic E-state index is 0.402. The van der Waals surface area contributed by atoms with Crippen LogP contribution in [0.25, 0.3) is 0 Å². The van der Waals surface area contributed by atoms with Crippen LogP contribution in [0.2, 0.25) is 5.02 Å². The fourth-order valence-electron chi connectivity index (χ4n) is 2.14. The Morgan fingerprint density at radius 2 is 2.00 bits per heavy atom. The number of benzene rings is 2. The Labute approximate surface area is 129 Å². The van der Waals surface area contributed by atoms with E-state index in [1.54, 1.807) is 18.2 Å². The van der Waals surface area contributed by atoms with Crippen LogP contribution in [0.15, 0.2) is 36.4 Å². The van der Waals surface area contributed by atoms with Crippen LogP contribution in [0.3, 0.4) is 0 Å². The van der Waals surface area contributed by atoms with Crippen molar-refractivity contribution in [1.29, 1.82) is 0 Å². The Hall–Kier alpha value is -2.00. The van der Waals surface area contributed by atoms with Gasteiger partial charge in [-0.25, -0.2) is 4.79 Å². The highest BCUT2D eigenvalue weighted by Gasteiger charge is 2.12. The molecule has 0 atom stereocenters. The molecule has 110 valence electrons. The molecule has 0 radical (unpaired) electrons. The minimum Gasteiger partial charge on any atom is -0.465 e. The second-order valence-electron chi connectivity index (χ2n) is 4.89. The van der Waals surface area contributed by atoms with Crippen LogP contribution < -0.4 is 5.32 Å². The highest BCUT2D eigenvalue weighted by molar-refractivity contribution is 6.31. The molecule has 3 nitrogen and oxygen atoms in total. The smallest absolute Gasteiger partial charge is 0.340 e. The molecule has 0 fully saturated rings. The second-order valence-corrected chi connectivity index (χ2v) is 5.33. The van der Waals surface area contributed by atoms with Crippen LogP contribution in [0.5, 0.6) is 0 Å². The van der Waals surface area contributed by atoms with Crippen molar-refractivity contribution in [3.8, 4) is 0 Å². The van der Waals surface area contributed by atoms with Gasteiger partial charge in [0.15, 0.2) is 0 Å². The number of anilines is 1. The molecule has 0 saturated heterocycles. The molecule has 0 aliphatic heterocycles. The fourth-order valence-corrected chi connectivity index (χ4v) is 2.32. The van der Waals surface area contributed by atoms with E-state index in [9.17, 15) is 4.79 Å². The zero-order valence-corrected chi connectivity index (χ0v) is 13.1. The molecule has 0 aliphatic carbocycles. The summed E-state index contributed by atoms with van der Waals surface area (Å²) < 4.78 is 4.79. The number of hydrogen-bond acceptors (Lipinski definition) is 3. The molecule has 0 aromatic heterocycles. The molecule has 0 aliphatic rings. The Balaban J connectivity index is 2.24. The van der Waals surface area contributed by atoms with Crippen LogP contribution in [-0.2, 0) is 11.3 Å². The first kappa shape index (κ1) is 15.4. The van der Waals surface area contributed by atoms with Gasteiger partial charge in [0.1, 0.15) is 0 Å². The molecule has 0 amide bonds. The van der Waals surface area contributed by atoms with Crippen molar-refractivity contribution in [2.24, 2.45) is 0 Å². The van der Waals surface area contributed by atoms with Crippen molar-refractivity contribution in [2.75, 3.05) is 12.4 Å². The van der Waals surface area contributed by atoms with Gasteiger partial charge in [-0.05, 0) is 48.7 Å². The summed E-state index contributed by atoms with van der Waals surface area (Å²) in [4.78, 5) is 11.8. The number of carbonyl (C=O) groups is 1. The lowest BCUT2D eigenvalue weighted by Crippen LogP contribution is -2.09. The molecule has 0 unspecified atom stereocenters. The number of aryl methyl sites for hydroxylation is 1. The predicted octanol–water partition coefficient (Wildman–Crippen LogP) is 4.36. The molecule has 0 heterocycles. The maximum atomic E-state index is 11.8. The van der Waals surface area contributed by atoms with Gasteiger partial charge in [-0.3, -0.25) is 0 Å². The Kier molecular flexibility index (Phi) is 4.86. The average Bonchev–Trinajstić information content (AvgIpc) is 2.49. The predicted molar refractivity (Wildman–Crippen MR) is 86.0 cm³/mol. The minimum atomic E-state index is -0.402. The van der Waals surface area contributed by atoms with E-state index < -0.39 is 5.97 Å². The van der Waals surface area contributed by atoms with E-state index in [4.69, 9.17) is 16.3 Å². The summed E-state index contributed by atoms with van der Waals surface area (Å²) in [5.74, 6) is -0.402. The lowest BCUT2D eigenvalue weighted by Gasteiger charge is -2.13. The fraction of sp³-hybridized carbons (Fsp3) is 0.235. The number of nitrogens with one attached hydrogen (secondary N) is 1. The molecular formula is C17H18ClNO2. The van der Waals surface area contributed by atoms with Crippen LogP contribution in [0.4, 0.5) is 5.69 Å². The van der Waals surface area contributed by atoms with Crippen molar-refractivity contribution in [2.45, 2.75) is 20.4 Å². The van der Waals surface area contributed by atoms with E-state index in [0.29, 0.717) is 22.8 Å². The van der Waals surface area contributed by atoms with Gasteiger partial charge in [0.05, 0.1) is 12.7 Å². The zero-order chi connectivity index (χ0) is 15.4. The lowest BCUT2D eigenvalue weighted by molar-refractivity contribution is 0.0602. The van der Waals surface area contributed by atoms with Crippen LogP contribution in [0.1, 0.15) is 27.0 Å². The van der Waals surface area contributed by atoms with E-state index in [1.165, 1.54) is 23.8 Å². The third kappa shape index (κ3) is 3.56. The highest BCUT2D eigenvalue weighted by Crippen LogP contribution is 2.23. The van der Waals surface area contributed by atoms with Crippen LogP contribution >= 0.6 is 11.6 Å². The number of hydrogen-bond donors (Lipinski definition) is 1. The topological polar surface area (TPSA) is 38.3 Å². The Morgan fingerprint density at radius 3 is 2.71 bits per heavy atom. The number of methoxy groups -OCH3 is 1. The van der Waals surface area contributed by atoms with Gasteiger partial charge >= 0.3 is 5.97 Å². The van der Waals surface area contributed by atoms with Gasteiger partial charge in [0, 0.05) is 17.3 Å². The van der Waals surface area contributed by atoms with Crippen LogP contribution in [0, 0.1) is 13.8 Å². The molecule has 2 aromatic rings. The average molecular weight is 304 g/mol. The quantitative estimate of drug-likeness (QED) is 0.853. The van der Waals surface area contributed by atoms with Crippen molar-refractivity contribution < 1.29 is 9.53 Å². The van der Waals surface area contributed by atoms with E-state index in [-0.39, 0.29) is 0 Å². The monoisotopic (exact) mass is 303 g/mol. The van der Waals surface area contributed by atoms with Gasteiger partial charge in [0.2, 0.25) is 0 Å². The summed E-state index contributed by atoms with van der Waals surface area (Å²) in [6.07, 6.45) is 0. The van der Waals surface area contributed by atoms with Crippen molar-refractivity contribution >= 4 is 23.3 Å². The third-order valence-corrected chi connectivity index (χ3v) is 3.81. The van der Waals surface area contributed by atoms with E-state index >= 15 is 0 Å². The zero-order valence-electron chi connectivity index (χ0n) is 12.4. The number of rotatable bonds is 4. The molecule has 4 heteroatoms. The van der Waals surface area contributed by atoms with Crippen molar-refractivity contribution in [1.82, 2.24) is 0 Å². The summed E-state index contributed by atoms with van der Waals surface area (Å²) in [6.45, 7) is 4.82. The summed E-state index contributed by atoms with van der Waals surface area (Å²) in [7, 11) is 1.36. The van der Waals surface area contributed by atoms with Gasteiger partial charge in [-0.15, -0.1) is 0 Å². The summed E-state index contributed by atoms with van der Waals surface area (Å²) in [6, 6.07) is 11.3. The SMILES string of the molecule is COC(=O)c1cc(Cl)ccc1NCc1cccc(C)c1C. The molecule has 0 saturated carbocycles. The largest absolute Gasteiger partial charge is 0.465 e. The Morgan fingerprint density at radius 1 is 1.24 bits per heavy atom. The van der Waals surface area contributed by atoms with Crippen molar-refractivity contribution in [3.63, 3.8) is 0 Å². The first-order chi connectivity index (χ1) is 10.0. The molecule has 1 N–H and O–H groups in total. The first-order valence-electron chi connectivity index (χ1n) is 6.69. The molecule has 0 bridgehead atoms. The summed E-state index contributed by atoms with van der Waals surface area (Å²) >= 11 is 5.95. The number of esters is 1. The summed E-state index contributed by atoms with van der Waals surface area (Å²) in [5.41, 5.74) is 4.85. The highest BCUT2D eigenvalue weighted by atomic mass is 35.5. The first-order valence-corrected chi connectivity index (χ1v) is 7.07. The molecule has 2 aromatic carbocycles. The second kappa shape index (κ2) is 6.64. The number of carbonyl (C=O) groups excluding carboxylic acids is 1. The van der Waals surface area contributed by atoms with Gasteiger partial charge in [0.25, 0.3) is 0 Å². The van der Waals surface area contributed by atoms with Crippen LogP contribution in [-0.4, -0.2) is 13.1 Å². The van der Waals surface area contributed by atoms with Gasteiger partial charge in [-0.1, -0.05) is 29.8 Å². The third-order valence-electron chi connectivity index (χ3n) is 3.57. The molecule has 2 rings (SSSR count). The molecule has 0 spiro atoms. The maximum absolute atomic E-state index is 11.8. The number of ether oxygens (including phenoxy) is 1. The normalized spacial score (nSPS) is 10.3. The maximum Gasteiger partial charge on any atom is 0.340 e. The molecular weight excluding hydrogens is 286 g/mol. The van der Waals surface area contributed by atoms with Gasteiger partial charge < -0.3 is 10.1 Å². The number of halogens is 1. The lowest BCUT2D eigenvalue weighted by atomic mass is 10.0. The van der Waals surface area contributed by atoms with Crippen molar-refractivity contribution in [3.05, 3.63) is 63.7 Å². The van der Waals surface area contributed by atoms with E-state index in [1.807, 2.05) is 6.07 Å². The summed E-state index contributed by atoms with van der Waals surface area (Å²) in [5, 5.41) is 3.79. The van der Waals surface area contributed by atoms with Gasteiger partial charge in [-0.2, -0.15) is 0 Å². The Bertz CT molecular complexity index is 668. The molecule has 21 heavy (non-hydrogen) atoms. The van der Waals surface area contributed by atoms with E-state index in [2.05, 4.69) is 31.3 Å². The van der Waals surface area contributed by atoms with E-state index in [0.717, 1.165) is 0 Å². The standard InChI is InChI=1S/C17H18ClNO2/c1-11-5-4-6-13(12(11)2)10-19-16-8-7-14(18)9-15(16)17(20)21-3/h4-9,19H,10H2,1-3H3.